The summed E-state index contributed by atoms with van der Waals surface area (Å²) in [6.07, 6.45) is 0. The summed E-state index contributed by atoms with van der Waals surface area (Å²) < 4.78 is 2.24. The standard InChI is InChI=1S/C11H14N2/c1-4-13-9(3)12-10-6-5-8(2)7-11(10)13/h5-7H,4H2,1-3H3. The van der Waals surface area contributed by atoms with Crippen molar-refractivity contribution in [3.05, 3.63) is 29.6 Å². The van der Waals surface area contributed by atoms with Crippen molar-refractivity contribution in [1.29, 1.82) is 0 Å². The molecule has 2 rings (SSSR count). The van der Waals surface area contributed by atoms with E-state index in [9.17, 15) is 0 Å². The highest BCUT2D eigenvalue weighted by Gasteiger charge is 2.04. The first-order chi connectivity index (χ1) is 6.22. The minimum absolute atomic E-state index is 0.992. The number of rotatable bonds is 1. The second-order valence-electron chi connectivity index (χ2n) is 3.40. The van der Waals surface area contributed by atoms with Crippen molar-refractivity contribution in [3.63, 3.8) is 0 Å². The summed E-state index contributed by atoms with van der Waals surface area (Å²) in [5.41, 5.74) is 3.65. The molecule has 0 amide bonds. The highest BCUT2D eigenvalue weighted by atomic mass is 15.1. The van der Waals surface area contributed by atoms with Crippen LogP contribution < -0.4 is 0 Å². The van der Waals surface area contributed by atoms with Gasteiger partial charge in [0.05, 0.1) is 11.0 Å². The minimum Gasteiger partial charge on any atom is -0.328 e. The highest BCUT2D eigenvalue weighted by Crippen LogP contribution is 2.16. The molecule has 1 aromatic heterocycles. The molecule has 68 valence electrons. The normalized spacial score (nSPS) is 11.0. The number of aromatic nitrogens is 2. The smallest absolute Gasteiger partial charge is 0.106 e. The summed E-state index contributed by atoms with van der Waals surface area (Å²) in [6, 6.07) is 6.39. The number of imidazole rings is 1. The molecule has 0 aliphatic heterocycles. The van der Waals surface area contributed by atoms with Gasteiger partial charge in [0.1, 0.15) is 5.82 Å². The molecule has 0 atom stereocenters. The van der Waals surface area contributed by atoms with Crippen LogP contribution >= 0.6 is 0 Å². The molecule has 0 radical (unpaired) electrons. The van der Waals surface area contributed by atoms with Gasteiger partial charge in [-0.05, 0) is 38.5 Å². The maximum atomic E-state index is 4.49. The van der Waals surface area contributed by atoms with Gasteiger partial charge in [-0.15, -0.1) is 0 Å². The quantitative estimate of drug-likeness (QED) is 0.650. The number of hydrogen-bond donors (Lipinski definition) is 0. The van der Waals surface area contributed by atoms with Gasteiger partial charge in [-0.1, -0.05) is 6.07 Å². The molecule has 0 unspecified atom stereocenters. The average molecular weight is 174 g/mol. The van der Waals surface area contributed by atoms with Crippen molar-refractivity contribution in [2.24, 2.45) is 0 Å². The molecule has 0 saturated carbocycles. The first-order valence-electron chi connectivity index (χ1n) is 4.66. The molecule has 0 aliphatic carbocycles. The van der Waals surface area contributed by atoms with Crippen LogP contribution in [0.5, 0.6) is 0 Å². The molecule has 2 aromatic rings. The molecule has 0 aliphatic rings. The van der Waals surface area contributed by atoms with Crippen LogP contribution in [0.4, 0.5) is 0 Å². The van der Waals surface area contributed by atoms with Gasteiger partial charge in [0, 0.05) is 6.54 Å². The first-order valence-corrected chi connectivity index (χ1v) is 4.66. The summed E-state index contributed by atoms with van der Waals surface area (Å²) >= 11 is 0. The van der Waals surface area contributed by atoms with Crippen LogP contribution in [-0.2, 0) is 6.54 Å². The molecule has 0 fully saturated rings. The fraction of sp³-hybridized carbons (Fsp3) is 0.364. The van der Waals surface area contributed by atoms with Crippen LogP contribution in [0.1, 0.15) is 18.3 Å². The van der Waals surface area contributed by atoms with Gasteiger partial charge in [-0.3, -0.25) is 0 Å². The molecule has 2 heteroatoms. The van der Waals surface area contributed by atoms with Gasteiger partial charge in [0.2, 0.25) is 0 Å². The van der Waals surface area contributed by atoms with Crippen molar-refractivity contribution in [2.75, 3.05) is 0 Å². The van der Waals surface area contributed by atoms with E-state index in [-0.39, 0.29) is 0 Å². The van der Waals surface area contributed by atoms with Gasteiger partial charge in [-0.25, -0.2) is 4.98 Å². The van der Waals surface area contributed by atoms with Crippen molar-refractivity contribution in [2.45, 2.75) is 27.3 Å². The second-order valence-corrected chi connectivity index (χ2v) is 3.40. The maximum Gasteiger partial charge on any atom is 0.106 e. The van der Waals surface area contributed by atoms with E-state index in [2.05, 4.69) is 48.5 Å². The third-order valence-electron chi connectivity index (χ3n) is 2.41. The Labute approximate surface area is 78.2 Å². The Hall–Kier alpha value is -1.31. The zero-order chi connectivity index (χ0) is 9.42. The third-order valence-corrected chi connectivity index (χ3v) is 2.41. The highest BCUT2D eigenvalue weighted by molar-refractivity contribution is 5.76. The molecule has 1 heterocycles. The Balaban J connectivity index is 2.80. The Bertz CT molecular complexity index is 441. The van der Waals surface area contributed by atoms with E-state index in [1.165, 1.54) is 11.1 Å². The van der Waals surface area contributed by atoms with Gasteiger partial charge in [0.25, 0.3) is 0 Å². The van der Waals surface area contributed by atoms with Gasteiger partial charge in [0.15, 0.2) is 0 Å². The molecule has 0 bridgehead atoms. The summed E-state index contributed by atoms with van der Waals surface area (Å²) in [7, 11) is 0. The Morgan fingerprint density at radius 1 is 1.31 bits per heavy atom. The van der Waals surface area contributed by atoms with Crippen LogP contribution in [0.3, 0.4) is 0 Å². The third kappa shape index (κ3) is 1.22. The molecular weight excluding hydrogens is 160 g/mol. The summed E-state index contributed by atoms with van der Waals surface area (Å²) in [5, 5.41) is 0. The fourth-order valence-corrected chi connectivity index (χ4v) is 1.75. The predicted octanol–water partition coefficient (Wildman–Crippen LogP) is 2.67. The largest absolute Gasteiger partial charge is 0.328 e. The monoisotopic (exact) mass is 174 g/mol. The number of fused-ring (bicyclic) bond motifs is 1. The molecule has 0 spiro atoms. The number of benzene rings is 1. The lowest BCUT2D eigenvalue weighted by Gasteiger charge is -2.01. The van der Waals surface area contributed by atoms with Crippen LogP contribution in [0.15, 0.2) is 18.2 Å². The number of aryl methyl sites for hydroxylation is 3. The van der Waals surface area contributed by atoms with Crippen LogP contribution in [0, 0.1) is 13.8 Å². The van der Waals surface area contributed by atoms with E-state index < -0.39 is 0 Å². The van der Waals surface area contributed by atoms with Gasteiger partial charge < -0.3 is 4.57 Å². The minimum atomic E-state index is 0.992. The summed E-state index contributed by atoms with van der Waals surface area (Å²) in [4.78, 5) is 4.49. The first kappa shape index (κ1) is 8.30. The van der Waals surface area contributed by atoms with Crippen molar-refractivity contribution < 1.29 is 0 Å². The number of hydrogen-bond acceptors (Lipinski definition) is 1. The summed E-state index contributed by atoms with van der Waals surface area (Å²) in [6.45, 7) is 7.31. The lowest BCUT2D eigenvalue weighted by Crippen LogP contribution is -1.96. The summed E-state index contributed by atoms with van der Waals surface area (Å²) in [5.74, 6) is 1.10. The Morgan fingerprint density at radius 2 is 2.08 bits per heavy atom. The van der Waals surface area contributed by atoms with Crippen molar-refractivity contribution in [3.8, 4) is 0 Å². The molecule has 0 N–H and O–H groups in total. The van der Waals surface area contributed by atoms with Gasteiger partial charge in [-0.2, -0.15) is 0 Å². The van der Waals surface area contributed by atoms with E-state index in [1.54, 1.807) is 0 Å². The Kier molecular flexibility index (Phi) is 1.83. The van der Waals surface area contributed by atoms with E-state index in [4.69, 9.17) is 0 Å². The SMILES string of the molecule is CCn1c(C)nc2ccc(C)cc21. The molecule has 2 nitrogen and oxygen atoms in total. The molecule has 0 saturated heterocycles. The second kappa shape index (κ2) is 2.87. The topological polar surface area (TPSA) is 17.8 Å². The van der Waals surface area contributed by atoms with Gasteiger partial charge >= 0.3 is 0 Å². The lowest BCUT2D eigenvalue weighted by molar-refractivity contribution is 0.753. The van der Waals surface area contributed by atoms with Crippen molar-refractivity contribution in [1.82, 2.24) is 9.55 Å². The van der Waals surface area contributed by atoms with Crippen LogP contribution in [-0.4, -0.2) is 9.55 Å². The average Bonchev–Trinajstić information content (AvgIpc) is 2.40. The van der Waals surface area contributed by atoms with E-state index in [1.807, 2.05) is 0 Å². The lowest BCUT2D eigenvalue weighted by atomic mass is 10.2. The fourth-order valence-electron chi connectivity index (χ4n) is 1.75. The molecule has 13 heavy (non-hydrogen) atoms. The number of nitrogens with zero attached hydrogens (tertiary/aromatic N) is 2. The van der Waals surface area contributed by atoms with E-state index in [0.717, 1.165) is 17.9 Å². The predicted molar refractivity (Wildman–Crippen MR) is 54.9 cm³/mol. The molecule has 1 aromatic carbocycles. The van der Waals surface area contributed by atoms with Crippen LogP contribution in [0.25, 0.3) is 11.0 Å². The maximum absolute atomic E-state index is 4.49. The zero-order valence-corrected chi connectivity index (χ0v) is 8.33. The zero-order valence-electron chi connectivity index (χ0n) is 8.33. The Morgan fingerprint density at radius 3 is 2.77 bits per heavy atom. The van der Waals surface area contributed by atoms with Crippen LogP contribution in [0.2, 0.25) is 0 Å². The van der Waals surface area contributed by atoms with E-state index >= 15 is 0 Å². The molecular formula is C11H14N2. The van der Waals surface area contributed by atoms with Crippen molar-refractivity contribution >= 4 is 11.0 Å². The van der Waals surface area contributed by atoms with E-state index in [0.29, 0.717) is 0 Å².